The lowest BCUT2D eigenvalue weighted by molar-refractivity contribution is 0.0943. The first-order chi connectivity index (χ1) is 7.79. The zero-order valence-electron chi connectivity index (χ0n) is 8.40. The zero-order chi connectivity index (χ0) is 11.4. The molecule has 0 atom stereocenters. The highest BCUT2D eigenvalue weighted by atomic mass is 16.3. The van der Waals surface area contributed by atoms with Crippen LogP contribution in [0.2, 0.25) is 0 Å². The smallest absolute Gasteiger partial charge is 0.268 e. The van der Waals surface area contributed by atoms with Gasteiger partial charge in [-0.25, -0.2) is 0 Å². The lowest BCUT2D eigenvalue weighted by Gasteiger charge is -2.00. The first-order valence-corrected chi connectivity index (χ1v) is 4.74. The van der Waals surface area contributed by atoms with E-state index in [1.54, 1.807) is 30.5 Å². The molecule has 0 saturated carbocycles. The molecule has 0 aromatic carbocycles. The number of carbonyl (C=O) groups is 2. The fourth-order valence-corrected chi connectivity index (χ4v) is 1.29. The quantitative estimate of drug-likeness (QED) is 0.760. The lowest BCUT2D eigenvalue weighted by Crippen LogP contribution is -2.22. The van der Waals surface area contributed by atoms with Gasteiger partial charge in [-0.1, -0.05) is 0 Å². The van der Waals surface area contributed by atoms with Crippen LogP contribution in [0, 0.1) is 0 Å². The highest BCUT2D eigenvalue weighted by molar-refractivity contribution is 5.93. The van der Waals surface area contributed by atoms with Crippen LogP contribution in [-0.4, -0.2) is 17.2 Å². The number of H-pyrrole nitrogens is 1. The second-order valence-corrected chi connectivity index (χ2v) is 3.21. The first-order valence-electron chi connectivity index (χ1n) is 4.74. The summed E-state index contributed by atoms with van der Waals surface area (Å²) in [6.45, 7) is 0.321. The van der Waals surface area contributed by atoms with Crippen molar-refractivity contribution in [3.63, 3.8) is 0 Å². The van der Waals surface area contributed by atoms with Crippen LogP contribution < -0.4 is 5.32 Å². The van der Waals surface area contributed by atoms with Gasteiger partial charge in [0.15, 0.2) is 6.29 Å². The minimum absolute atomic E-state index is 0.274. The van der Waals surface area contributed by atoms with Crippen molar-refractivity contribution >= 4 is 12.2 Å². The summed E-state index contributed by atoms with van der Waals surface area (Å²) in [6.07, 6.45) is 2.20. The Bertz CT molecular complexity index is 485. The van der Waals surface area contributed by atoms with Crippen LogP contribution in [0.25, 0.3) is 0 Å². The predicted octanol–water partition coefficient (Wildman–Crippen LogP) is 1.35. The summed E-state index contributed by atoms with van der Waals surface area (Å²) in [5, 5.41) is 2.66. The highest BCUT2D eigenvalue weighted by Crippen LogP contribution is 2.02. The number of amides is 1. The number of aromatic amines is 1. The lowest BCUT2D eigenvalue weighted by atomic mass is 10.4. The summed E-state index contributed by atoms with van der Waals surface area (Å²) in [4.78, 5) is 24.7. The van der Waals surface area contributed by atoms with Crippen molar-refractivity contribution in [2.24, 2.45) is 0 Å². The third-order valence-corrected chi connectivity index (χ3v) is 2.08. The van der Waals surface area contributed by atoms with Crippen molar-refractivity contribution in [2.45, 2.75) is 6.54 Å². The van der Waals surface area contributed by atoms with Gasteiger partial charge >= 0.3 is 0 Å². The summed E-state index contributed by atoms with van der Waals surface area (Å²) in [6, 6.07) is 6.63. The molecule has 2 heterocycles. The fraction of sp³-hybridized carbons (Fsp3) is 0.0909. The van der Waals surface area contributed by atoms with E-state index in [-0.39, 0.29) is 5.91 Å². The number of furan rings is 1. The topological polar surface area (TPSA) is 75.1 Å². The Balaban J connectivity index is 1.95. The van der Waals surface area contributed by atoms with Crippen LogP contribution in [-0.2, 0) is 6.54 Å². The Hall–Kier alpha value is -2.30. The largest absolute Gasteiger partial charge is 0.467 e. The highest BCUT2D eigenvalue weighted by Gasteiger charge is 2.08. The second-order valence-electron chi connectivity index (χ2n) is 3.21. The SMILES string of the molecule is O=Cc1ccc(C(=O)NCc2ccco2)[nH]1. The van der Waals surface area contributed by atoms with E-state index < -0.39 is 0 Å². The van der Waals surface area contributed by atoms with Crippen LogP contribution in [0.1, 0.15) is 26.7 Å². The third kappa shape index (κ3) is 2.20. The van der Waals surface area contributed by atoms with E-state index in [0.29, 0.717) is 30.0 Å². The summed E-state index contributed by atoms with van der Waals surface area (Å²) < 4.78 is 5.07. The van der Waals surface area contributed by atoms with Crippen molar-refractivity contribution in [3.8, 4) is 0 Å². The molecule has 2 rings (SSSR count). The van der Waals surface area contributed by atoms with E-state index in [0.717, 1.165) is 0 Å². The molecule has 0 bridgehead atoms. The number of aldehydes is 1. The van der Waals surface area contributed by atoms with Crippen molar-refractivity contribution in [3.05, 3.63) is 47.7 Å². The van der Waals surface area contributed by atoms with Gasteiger partial charge in [0.05, 0.1) is 18.5 Å². The molecule has 2 aromatic heterocycles. The van der Waals surface area contributed by atoms with Gasteiger partial charge in [-0.3, -0.25) is 9.59 Å². The van der Waals surface area contributed by atoms with E-state index in [2.05, 4.69) is 10.3 Å². The molecule has 2 N–H and O–H groups in total. The van der Waals surface area contributed by atoms with Gasteiger partial charge in [-0.2, -0.15) is 0 Å². The number of rotatable bonds is 4. The van der Waals surface area contributed by atoms with Crippen molar-refractivity contribution in [2.75, 3.05) is 0 Å². The van der Waals surface area contributed by atoms with Gasteiger partial charge in [0, 0.05) is 0 Å². The number of carbonyl (C=O) groups excluding carboxylic acids is 2. The molecule has 0 fully saturated rings. The Morgan fingerprint density at radius 1 is 1.44 bits per heavy atom. The molecular formula is C11H10N2O3. The van der Waals surface area contributed by atoms with Crippen molar-refractivity contribution in [1.29, 1.82) is 0 Å². The Morgan fingerprint density at radius 3 is 2.94 bits per heavy atom. The predicted molar refractivity (Wildman–Crippen MR) is 56.1 cm³/mol. The van der Waals surface area contributed by atoms with Crippen molar-refractivity contribution < 1.29 is 14.0 Å². The molecule has 0 radical (unpaired) electrons. The van der Waals surface area contributed by atoms with E-state index in [4.69, 9.17) is 4.42 Å². The summed E-state index contributed by atoms with van der Waals surface area (Å²) in [7, 11) is 0. The minimum atomic E-state index is -0.274. The first kappa shape index (κ1) is 10.2. The molecule has 5 heteroatoms. The second kappa shape index (κ2) is 4.48. The molecule has 0 aliphatic carbocycles. The molecule has 0 spiro atoms. The Morgan fingerprint density at radius 2 is 2.31 bits per heavy atom. The molecule has 0 unspecified atom stereocenters. The monoisotopic (exact) mass is 218 g/mol. The molecule has 82 valence electrons. The average Bonchev–Trinajstić information content (AvgIpc) is 2.96. The number of hydrogen-bond donors (Lipinski definition) is 2. The van der Waals surface area contributed by atoms with Gasteiger partial charge in [0.25, 0.3) is 5.91 Å². The Kier molecular flexibility index (Phi) is 2.86. The molecule has 16 heavy (non-hydrogen) atoms. The molecule has 0 saturated heterocycles. The van der Waals surface area contributed by atoms with E-state index in [1.807, 2.05) is 0 Å². The molecule has 1 amide bonds. The van der Waals surface area contributed by atoms with Crippen LogP contribution in [0.3, 0.4) is 0 Å². The number of hydrogen-bond acceptors (Lipinski definition) is 3. The van der Waals surface area contributed by atoms with Crippen LogP contribution >= 0.6 is 0 Å². The maximum atomic E-state index is 11.6. The number of aromatic nitrogens is 1. The van der Waals surface area contributed by atoms with Crippen LogP contribution in [0.4, 0.5) is 0 Å². The Labute approximate surface area is 91.5 Å². The minimum Gasteiger partial charge on any atom is -0.467 e. The van der Waals surface area contributed by atoms with Crippen LogP contribution in [0.15, 0.2) is 34.9 Å². The van der Waals surface area contributed by atoms with Gasteiger partial charge in [0.2, 0.25) is 0 Å². The summed E-state index contributed by atoms with van der Waals surface area (Å²) >= 11 is 0. The molecule has 2 aromatic rings. The van der Waals surface area contributed by atoms with Crippen LogP contribution in [0.5, 0.6) is 0 Å². The van der Waals surface area contributed by atoms with E-state index >= 15 is 0 Å². The maximum Gasteiger partial charge on any atom is 0.268 e. The molecular weight excluding hydrogens is 208 g/mol. The normalized spacial score (nSPS) is 10.0. The average molecular weight is 218 g/mol. The molecule has 0 aliphatic heterocycles. The van der Waals surface area contributed by atoms with Gasteiger partial charge in [0.1, 0.15) is 11.5 Å². The molecule has 0 aliphatic rings. The summed E-state index contributed by atoms with van der Waals surface area (Å²) in [5.74, 6) is 0.403. The van der Waals surface area contributed by atoms with Gasteiger partial charge < -0.3 is 14.7 Å². The van der Waals surface area contributed by atoms with Crippen molar-refractivity contribution in [1.82, 2.24) is 10.3 Å². The van der Waals surface area contributed by atoms with E-state index in [9.17, 15) is 9.59 Å². The third-order valence-electron chi connectivity index (χ3n) is 2.08. The maximum absolute atomic E-state index is 11.6. The zero-order valence-corrected chi connectivity index (χ0v) is 8.40. The van der Waals surface area contributed by atoms with Gasteiger partial charge in [-0.15, -0.1) is 0 Å². The van der Waals surface area contributed by atoms with Gasteiger partial charge in [-0.05, 0) is 24.3 Å². The molecule has 5 nitrogen and oxygen atoms in total. The summed E-state index contributed by atoms with van der Waals surface area (Å²) in [5.41, 5.74) is 0.733. The standard InChI is InChI=1S/C11H10N2O3/c14-7-8-3-4-10(13-8)11(15)12-6-9-2-1-5-16-9/h1-5,7,13H,6H2,(H,12,15). The van der Waals surface area contributed by atoms with E-state index in [1.165, 1.54) is 0 Å². The number of nitrogens with one attached hydrogen (secondary N) is 2. The fourth-order valence-electron chi connectivity index (χ4n) is 1.29.